The van der Waals surface area contributed by atoms with Gasteiger partial charge in [-0.15, -0.1) is 0 Å². The van der Waals surface area contributed by atoms with Gasteiger partial charge in [0.25, 0.3) is 0 Å². The van der Waals surface area contributed by atoms with Crippen LogP contribution in [0.2, 0.25) is 0 Å². The first-order chi connectivity index (χ1) is 6.61. The highest BCUT2D eigenvalue weighted by molar-refractivity contribution is 4.79. The van der Waals surface area contributed by atoms with E-state index in [9.17, 15) is 0 Å². The van der Waals surface area contributed by atoms with Crippen LogP contribution in [0.25, 0.3) is 0 Å². The van der Waals surface area contributed by atoms with Crippen LogP contribution in [0.3, 0.4) is 0 Å². The summed E-state index contributed by atoms with van der Waals surface area (Å²) in [5, 5.41) is 3.60. The van der Waals surface area contributed by atoms with Gasteiger partial charge in [-0.25, -0.2) is 0 Å². The van der Waals surface area contributed by atoms with Crippen molar-refractivity contribution < 1.29 is 0 Å². The van der Waals surface area contributed by atoms with Gasteiger partial charge in [-0.05, 0) is 37.1 Å². The van der Waals surface area contributed by atoms with Crippen LogP contribution in [-0.2, 0) is 0 Å². The number of rotatable bonds is 4. The first-order valence-electron chi connectivity index (χ1n) is 6.34. The molecule has 2 atom stereocenters. The Bertz CT molecular complexity index is 151. The van der Waals surface area contributed by atoms with Crippen molar-refractivity contribution in [3.63, 3.8) is 0 Å². The maximum Gasteiger partial charge on any atom is 0.00104 e. The summed E-state index contributed by atoms with van der Waals surface area (Å²) in [6.07, 6.45) is 5.82. The summed E-state index contributed by atoms with van der Waals surface area (Å²) in [6.45, 7) is 10.5. The monoisotopic (exact) mass is 197 g/mol. The third-order valence-electron chi connectivity index (χ3n) is 3.61. The van der Waals surface area contributed by atoms with Gasteiger partial charge in [0.1, 0.15) is 0 Å². The summed E-state index contributed by atoms with van der Waals surface area (Å²) in [5.74, 6) is 2.77. The summed E-state index contributed by atoms with van der Waals surface area (Å²) in [6, 6.07) is 0.643. The average Bonchev–Trinajstić information content (AvgIpc) is 2.15. The summed E-state index contributed by atoms with van der Waals surface area (Å²) in [7, 11) is 0. The molecule has 0 spiro atoms. The van der Waals surface area contributed by atoms with E-state index in [2.05, 4.69) is 33.0 Å². The molecule has 1 aliphatic carbocycles. The van der Waals surface area contributed by atoms with Crippen molar-refractivity contribution in [2.45, 2.75) is 59.4 Å². The van der Waals surface area contributed by atoms with Crippen molar-refractivity contribution in [3.05, 3.63) is 0 Å². The normalized spacial score (nSPS) is 28.7. The van der Waals surface area contributed by atoms with Crippen molar-refractivity contribution >= 4 is 0 Å². The predicted octanol–water partition coefficient (Wildman–Crippen LogP) is 3.45. The fourth-order valence-corrected chi connectivity index (χ4v) is 2.75. The molecule has 2 unspecified atom stereocenters. The molecule has 0 aromatic heterocycles. The van der Waals surface area contributed by atoms with Gasteiger partial charge in [0, 0.05) is 6.04 Å². The molecule has 0 amide bonds. The van der Waals surface area contributed by atoms with Crippen molar-refractivity contribution in [2.24, 2.45) is 17.8 Å². The van der Waals surface area contributed by atoms with Gasteiger partial charge in [-0.3, -0.25) is 0 Å². The molecule has 1 aliphatic rings. The molecule has 1 rings (SSSR count). The van der Waals surface area contributed by atoms with Crippen LogP contribution in [0, 0.1) is 17.8 Å². The van der Waals surface area contributed by atoms with Crippen LogP contribution in [0.5, 0.6) is 0 Å². The number of hydrogen-bond acceptors (Lipinski definition) is 1. The predicted molar refractivity (Wildman–Crippen MR) is 63.4 cm³/mol. The van der Waals surface area contributed by atoms with E-state index in [4.69, 9.17) is 0 Å². The van der Waals surface area contributed by atoms with E-state index >= 15 is 0 Å². The van der Waals surface area contributed by atoms with Crippen LogP contribution < -0.4 is 5.32 Å². The Balaban J connectivity index is 2.38. The van der Waals surface area contributed by atoms with Crippen molar-refractivity contribution in [1.82, 2.24) is 5.32 Å². The second-order valence-corrected chi connectivity index (χ2v) is 5.52. The Morgan fingerprint density at radius 2 is 1.71 bits per heavy atom. The van der Waals surface area contributed by atoms with E-state index in [0.29, 0.717) is 6.04 Å². The van der Waals surface area contributed by atoms with Crippen LogP contribution in [0.15, 0.2) is 0 Å². The highest BCUT2D eigenvalue weighted by Crippen LogP contribution is 2.34. The van der Waals surface area contributed by atoms with E-state index in [1.165, 1.54) is 32.2 Å². The van der Waals surface area contributed by atoms with Gasteiger partial charge < -0.3 is 5.32 Å². The highest BCUT2D eigenvalue weighted by Gasteiger charge is 2.26. The largest absolute Gasteiger partial charge is 0.314 e. The first-order valence-corrected chi connectivity index (χ1v) is 6.34. The van der Waals surface area contributed by atoms with Gasteiger partial charge in [0.2, 0.25) is 0 Å². The van der Waals surface area contributed by atoms with Gasteiger partial charge in [0.05, 0.1) is 0 Å². The van der Waals surface area contributed by atoms with Gasteiger partial charge in [-0.1, -0.05) is 40.5 Å². The van der Waals surface area contributed by atoms with E-state index in [-0.39, 0.29) is 0 Å². The Morgan fingerprint density at radius 1 is 1.07 bits per heavy atom. The van der Waals surface area contributed by atoms with Crippen molar-refractivity contribution in [3.8, 4) is 0 Å². The molecule has 1 fully saturated rings. The van der Waals surface area contributed by atoms with Gasteiger partial charge in [0.15, 0.2) is 0 Å². The van der Waals surface area contributed by atoms with E-state index < -0.39 is 0 Å². The molecule has 0 aromatic carbocycles. The van der Waals surface area contributed by atoms with Crippen molar-refractivity contribution in [2.75, 3.05) is 6.54 Å². The van der Waals surface area contributed by atoms with E-state index in [0.717, 1.165) is 17.8 Å². The lowest BCUT2D eigenvalue weighted by Crippen LogP contribution is -2.35. The topological polar surface area (TPSA) is 12.0 Å². The van der Waals surface area contributed by atoms with Gasteiger partial charge >= 0.3 is 0 Å². The Hall–Kier alpha value is -0.0400. The molecule has 14 heavy (non-hydrogen) atoms. The molecule has 1 N–H and O–H groups in total. The van der Waals surface area contributed by atoms with E-state index in [1.807, 2.05) is 0 Å². The smallest absolute Gasteiger partial charge is 0.00104 e. The minimum atomic E-state index is 0.643. The molecule has 0 aliphatic heterocycles. The molecule has 0 bridgehead atoms. The standard InChI is InChI=1S/C13H27N/c1-10(2)13-8-6-5-7-12(13)9-14-11(3)4/h10-14H,5-9H2,1-4H3. The Labute approximate surface area is 89.7 Å². The maximum absolute atomic E-state index is 3.60. The lowest BCUT2D eigenvalue weighted by molar-refractivity contribution is 0.174. The van der Waals surface area contributed by atoms with Crippen LogP contribution in [0.4, 0.5) is 0 Å². The van der Waals surface area contributed by atoms with E-state index in [1.54, 1.807) is 0 Å². The average molecular weight is 197 g/mol. The summed E-state index contributed by atoms with van der Waals surface area (Å²) >= 11 is 0. The Morgan fingerprint density at radius 3 is 2.29 bits per heavy atom. The maximum atomic E-state index is 3.60. The van der Waals surface area contributed by atoms with Crippen LogP contribution >= 0.6 is 0 Å². The zero-order valence-corrected chi connectivity index (χ0v) is 10.3. The molecule has 0 aromatic rings. The molecule has 1 nitrogen and oxygen atoms in total. The minimum Gasteiger partial charge on any atom is -0.314 e. The van der Waals surface area contributed by atoms with Gasteiger partial charge in [-0.2, -0.15) is 0 Å². The molecule has 0 heterocycles. The minimum absolute atomic E-state index is 0.643. The second kappa shape index (κ2) is 5.75. The lowest BCUT2D eigenvalue weighted by atomic mass is 9.73. The first kappa shape index (κ1) is 12.0. The summed E-state index contributed by atoms with van der Waals surface area (Å²) in [5.41, 5.74) is 0. The lowest BCUT2D eigenvalue weighted by Gasteiger charge is -2.35. The molecular weight excluding hydrogens is 170 g/mol. The second-order valence-electron chi connectivity index (χ2n) is 5.52. The third kappa shape index (κ3) is 3.61. The third-order valence-corrected chi connectivity index (χ3v) is 3.61. The number of nitrogens with one attached hydrogen (secondary N) is 1. The van der Waals surface area contributed by atoms with Crippen LogP contribution in [-0.4, -0.2) is 12.6 Å². The molecule has 0 radical (unpaired) electrons. The fraction of sp³-hybridized carbons (Fsp3) is 1.00. The summed E-state index contributed by atoms with van der Waals surface area (Å²) in [4.78, 5) is 0. The zero-order valence-electron chi connectivity index (χ0n) is 10.3. The SMILES string of the molecule is CC(C)NCC1CCCCC1C(C)C. The highest BCUT2D eigenvalue weighted by atomic mass is 14.9. The fourth-order valence-electron chi connectivity index (χ4n) is 2.75. The van der Waals surface area contributed by atoms with Crippen LogP contribution in [0.1, 0.15) is 53.4 Å². The van der Waals surface area contributed by atoms with Crippen molar-refractivity contribution in [1.29, 1.82) is 0 Å². The summed E-state index contributed by atoms with van der Waals surface area (Å²) < 4.78 is 0. The molecule has 0 saturated heterocycles. The molecule has 84 valence electrons. The zero-order chi connectivity index (χ0) is 10.6. The molecule has 1 heteroatoms. The Kier molecular flexibility index (Phi) is 4.94. The quantitative estimate of drug-likeness (QED) is 0.728. The molecular formula is C13H27N. The number of hydrogen-bond donors (Lipinski definition) is 1. The molecule has 1 saturated carbocycles.